The molecular weight excluding hydrogens is 360 g/mol. The van der Waals surface area contributed by atoms with Crippen molar-refractivity contribution < 1.29 is 13.5 Å². The number of nitrogens with zero attached hydrogens (tertiary/aromatic N) is 2. The average molecular weight is 383 g/mol. The Morgan fingerprint density at radius 3 is 2.61 bits per heavy atom. The summed E-state index contributed by atoms with van der Waals surface area (Å²) < 4.78 is 33.8. The summed E-state index contributed by atoms with van der Waals surface area (Å²) in [5.41, 5.74) is 2.54. The number of aromatic nitrogens is 2. The molecule has 1 aliphatic heterocycles. The van der Waals surface area contributed by atoms with Crippen LogP contribution < -0.4 is 4.74 Å². The van der Waals surface area contributed by atoms with Crippen LogP contribution in [-0.2, 0) is 6.54 Å². The van der Waals surface area contributed by atoms with Gasteiger partial charge in [-0.1, -0.05) is 18.2 Å². The number of piperidine rings is 1. The molecule has 1 aromatic heterocycles. The van der Waals surface area contributed by atoms with Crippen LogP contribution in [0.25, 0.3) is 11.1 Å². The second kappa shape index (κ2) is 8.10. The van der Waals surface area contributed by atoms with Gasteiger partial charge in [0.2, 0.25) is 0 Å². The number of nitrogens with one attached hydrogen (secondary N) is 1. The van der Waals surface area contributed by atoms with E-state index in [9.17, 15) is 8.78 Å². The zero-order valence-corrected chi connectivity index (χ0v) is 15.8. The lowest BCUT2D eigenvalue weighted by Crippen LogP contribution is -2.34. The highest BCUT2D eigenvalue weighted by atomic mass is 19.1. The predicted octanol–water partition coefficient (Wildman–Crippen LogP) is 4.74. The molecule has 3 aromatic rings. The molecule has 1 fully saturated rings. The van der Waals surface area contributed by atoms with Gasteiger partial charge in [-0.2, -0.15) is 5.10 Å². The molecule has 1 saturated heterocycles. The Labute approximate surface area is 163 Å². The monoisotopic (exact) mass is 383 g/mol. The number of ether oxygens (including phenoxy) is 1. The molecular formula is C22H23F2N3O. The van der Waals surface area contributed by atoms with Crippen molar-refractivity contribution in [2.24, 2.45) is 0 Å². The Kier molecular flexibility index (Phi) is 5.39. The van der Waals surface area contributed by atoms with Crippen LogP contribution in [0.1, 0.15) is 30.0 Å². The Morgan fingerprint density at radius 2 is 1.89 bits per heavy atom. The zero-order valence-electron chi connectivity index (χ0n) is 15.8. The van der Waals surface area contributed by atoms with E-state index in [-0.39, 0.29) is 11.5 Å². The van der Waals surface area contributed by atoms with E-state index in [1.165, 1.54) is 30.0 Å². The molecule has 1 N–H and O–H groups in total. The molecule has 4 rings (SSSR count). The molecule has 6 heteroatoms. The van der Waals surface area contributed by atoms with Gasteiger partial charge in [0.25, 0.3) is 0 Å². The maximum Gasteiger partial charge on any atom is 0.134 e. The minimum Gasteiger partial charge on any atom is -0.497 e. The van der Waals surface area contributed by atoms with Gasteiger partial charge in [-0.3, -0.25) is 10.00 Å². The first kappa shape index (κ1) is 18.6. The molecule has 0 bridgehead atoms. The quantitative estimate of drug-likeness (QED) is 0.692. The van der Waals surface area contributed by atoms with Gasteiger partial charge in [0.05, 0.1) is 18.9 Å². The lowest BCUT2D eigenvalue weighted by atomic mass is 9.90. The molecule has 0 amide bonds. The van der Waals surface area contributed by atoms with E-state index in [1.807, 2.05) is 12.1 Å². The highest BCUT2D eigenvalue weighted by Gasteiger charge is 2.27. The molecule has 1 atom stereocenters. The number of methoxy groups -OCH3 is 1. The lowest BCUT2D eigenvalue weighted by Gasteiger charge is -2.32. The van der Waals surface area contributed by atoms with E-state index in [4.69, 9.17) is 4.74 Å². The van der Waals surface area contributed by atoms with Crippen LogP contribution in [0.2, 0.25) is 0 Å². The van der Waals surface area contributed by atoms with Crippen molar-refractivity contribution in [3.8, 4) is 16.9 Å². The molecule has 2 aromatic carbocycles. The van der Waals surface area contributed by atoms with Crippen molar-refractivity contribution in [1.82, 2.24) is 15.1 Å². The molecule has 1 aliphatic rings. The highest BCUT2D eigenvalue weighted by molar-refractivity contribution is 5.67. The van der Waals surface area contributed by atoms with E-state index in [2.05, 4.69) is 27.2 Å². The van der Waals surface area contributed by atoms with Gasteiger partial charge >= 0.3 is 0 Å². The van der Waals surface area contributed by atoms with Crippen LogP contribution in [-0.4, -0.2) is 35.3 Å². The number of likely N-dealkylation sites (tertiary alicyclic amines) is 1. The third-order valence-corrected chi connectivity index (χ3v) is 5.38. The number of hydrogen-bond acceptors (Lipinski definition) is 3. The van der Waals surface area contributed by atoms with E-state index in [1.54, 1.807) is 7.11 Å². The van der Waals surface area contributed by atoms with Crippen LogP contribution in [0.4, 0.5) is 8.78 Å². The molecule has 4 nitrogen and oxygen atoms in total. The Morgan fingerprint density at radius 1 is 1.14 bits per heavy atom. The third-order valence-electron chi connectivity index (χ3n) is 5.38. The van der Waals surface area contributed by atoms with E-state index >= 15 is 0 Å². The fraction of sp³-hybridized carbons (Fsp3) is 0.318. The van der Waals surface area contributed by atoms with Gasteiger partial charge in [-0.15, -0.1) is 0 Å². The maximum absolute atomic E-state index is 14.3. The number of hydrogen-bond donors (Lipinski definition) is 1. The lowest BCUT2D eigenvalue weighted by molar-refractivity contribution is 0.198. The fourth-order valence-corrected chi connectivity index (χ4v) is 3.99. The summed E-state index contributed by atoms with van der Waals surface area (Å²) in [6, 6.07) is 12.0. The molecule has 0 saturated carbocycles. The Bertz CT molecular complexity index is 919. The van der Waals surface area contributed by atoms with E-state index < -0.39 is 11.6 Å². The molecule has 0 unspecified atom stereocenters. The van der Waals surface area contributed by atoms with Crippen LogP contribution in [0.3, 0.4) is 0 Å². The summed E-state index contributed by atoms with van der Waals surface area (Å²) in [6.07, 6.45) is 3.52. The van der Waals surface area contributed by atoms with Crippen LogP contribution >= 0.6 is 0 Å². The van der Waals surface area contributed by atoms with Gasteiger partial charge in [-0.05, 0) is 49.2 Å². The standard InChI is InChI=1S/C22H23F2N3O/c1-28-17-9-7-15(8-10-17)13-27-11-3-4-16(14-27)22-18(12-25-26-22)21-19(23)5-2-6-20(21)24/h2,5-10,12,16H,3-4,11,13-14H2,1H3,(H,25,26)/t16-/m1/s1. The first-order valence-electron chi connectivity index (χ1n) is 9.48. The summed E-state index contributed by atoms with van der Waals surface area (Å²) >= 11 is 0. The summed E-state index contributed by atoms with van der Waals surface area (Å²) in [5.74, 6) is -0.125. The van der Waals surface area contributed by atoms with Crippen LogP contribution in [0, 0.1) is 11.6 Å². The van der Waals surface area contributed by atoms with Crippen molar-refractivity contribution in [3.05, 3.63) is 71.6 Å². The summed E-state index contributed by atoms with van der Waals surface area (Å²) in [4.78, 5) is 2.37. The maximum atomic E-state index is 14.3. The number of halogens is 2. The smallest absolute Gasteiger partial charge is 0.134 e. The zero-order chi connectivity index (χ0) is 19.5. The average Bonchev–Trinajstić information content (AvgIpc) is 3.18. The number of H-pyrrole nitrogens is 1. The van der Waals surface area contributed by atoms with Gasteiger partial charge in [0.1, 0.15) is 17.4 Å². The molecule has 146 valence electrons. The number of aromatic amines is 1. The van der Waals surface area contributed by atoms with Crippen molar-refractivity contribution >= 4 is 0 Å². The van der Waals surface area contributed by atoms with Gasteiger partial charge in [0.15, 0.2) is 0 Å². The summed E-state index contributed by atoms with van der Waals surface area (Å²) in [7, 11) is 1.66. The van der Waals surface area contributed by atoms with Gasteiger partial charge < -0.3 is 4.74 Å². The van der Waals surface area contributed by atoms with Crippen molar-refractivity contribution in [3.63, 3.8) is 0 Å². The first-order valence-corrected chi connectivity index (χ1v) is 9.48. The van der Waals surface area contributed by atoms with E-state index in [0.717, 1.165) is 43.9 Å². The van der Waals surface area contributed by atoms with Gasteiger partial charge in [0, 0.05) is 30.3 Å². The van der Waals surface area contributed by atoms with Gasteiger partial charge in [-0.25, -0.2) is 8.78 Å². The molecule has 0 aliphatic carbocycles. The Balaban J connectivity index is 1.53. The topological polar surface area (TPSA) is 41.1 Å². The normalized spacial score (nSPS) is 17.6. The fourth-order valence-electron chi connectivity index (χ4n) is 3.99. The van der Waals surface area contributed by atoms with Crippen LogP contribution in [0.5, 0.6) is 5.75 Å². The number of rotatable bonds is 5. The summed E-state index contributed by atoms with van der Waals surface area (Å²) in [5, 5.41) is 7.09. The second-order valence-electron chi connectivity index (χ2n) is 7.22. The van der Waals surface area contributed by atoms with Crippen molar-refractivity contribution in [2.75, 3.05) is 20.2 Å². The number of benzene rings is 2. The molecule has 28 heavy (non-hydrogen) atoms. The van der Waals surface area contributed by atoms with Crippen molar-refractivity contribution in [1.29, 1.82) is 0 Å². The SMILES string of the molecule is COc1ccc(CN2CCC[C@@H](c3[nH]ncc3-c3c(F)cccc3F)C2)cc1. The molecule has 2 heterocycles. The largest absolute Gasteiger partial charge is 0.497 e. The highest BCUT2D eigenvalue weighted by Crippen LogP contribution is 2.35. The molecule has 0 radical (unpaired) electrons. The minimum absolute atomic E-state index is 0.00136. The Hall–Kier alpha value is -2.73. The third kappa shape index (κ3) is 3.78. The second-order valence-corrected chi connectivity index (χ2v) is 7.22. The predicted molar refractivity (Wildman–Crippen MR) is 104 cm³/mol. The van der Waals surface area contributed by atoms with Crippen molar-refractivity contribution in [2.45, 2.75) is 25.3 Å². The minimum atomic E-state index is -0.562. The molecule has 0 spiro atoms. The van der Waals surface area contributed by atoms with E-state index in [0.29, 0.717) is 5.56 Å². The summed E-state index contributed by atoms with van der Waals surface area (Å²) in [6.45, 7) is 2.65. The van der Waals surface area contributed by atoms with Crippen LogP contribution in [0.15, 0.2) is 48.7 Å². The first-order chi connectivity index (χ1) is 13.7.